The van der Waals surface area contributed by atoms with E-state index in [0.29, 0.717) is 5.92 Å². The first-order valence-corrected chi connectivity index (χ1v) is 3.43. The smallest absolute Gasteiger partial charge is 0.0645 e. The van der Waals surface area contributed by atoms with E-state index >= 15 is 0 Å². The van der Waals surface area contributed by atoms with Crippen molar-refractivity contribution in [2.24, 2.45) is 16.9 Å². The van der Waals surface area contributed by atoms with Gasteiger partial charge in [-0.05, 0) is 18.9 Å². The Hall–Kier alpha value is -0.830. The summed E-state index contributed by atoms with van der Waals surface area (Å²) in [6, 6.07) is 0. The Bertz CT molecular complexity index is 156. The van der Waals surface area contributed by atoms with Crippen molar-refractivity contribution in [1.82, 2.24) is 5.12 Å². The van der Waals surface area contributed by atoms with E-state index in [1.807, 2.05) is 0 Å². The maximum Gasteiger partial charge on any atom is 0.0645 e. The zero-order valence-corrected chi connectivity index (χ0v) is 6.25. The summed E-state index contributed by atoms with van der Waals surface area (Å²) >= 11 is 0. The third-order valence-corrected chi connectivity index (χ3v) is 1.48. The highest BCUT2D eigenvalue weighted by atomic mass is 15.6. The van der Waals surface area contributed by atoms with Gasteiger partial charge in [-0.25, -0.2) is 11.0 Å². The Morgan fingerprint density at radius 2 is 2.40 bits per heavy atom. The van der Waals surface area contributed by atoms with Crippen LogP contribution in [0.2, 0.25) is 0 Å². The van der Waals surface area contributed by atoms with Gasteiger partial charge in [-0.2, -0.15) is 5.10 Å². The van der Waals surface area contributed by atoms with Crippen LogP contribution >= 0.6 is 0 Å². The Balaban J connectivity index is 2.53. The van der Waals surface area contributed by atoms with Gasteiger partial charge in [0.25, 0.3) is 0 Å². The molecule has 0 unspecified atom stereocenters. The van der Waals surface area contributed by atoms with Crippen LogP contribution in [0.15, 0.2) is 17.8 Å². The fourth-order valence-electron chi connectivity index (χ4n) is 0.850. The molecule has 3 nitrogen and oxygen atoms in total. The average molecular weight is 139 g/mol. The van der Waals surface area contributed by atoms with Gasteiger partial charge in [-0.15, -0.1) is 0 Å². The van der Waals surface area contributed by atoms with Crippen molar-refractivity contribution < 1.29 is 0 Å². The monoisotopic (exact) mass is 139 g/mol. The molecule has 0 amide bonds. The summed E-state index contributed by atoms with van der Waals surface area (Å²) in [6.45, 7) is 3.66. The lowest BCUT2D eigenvalue weighted by Gasteiger charge is -2.05. The van der Waals surface area contributed by atoms with Gasteiger partial charge in [0.1, 0.15) is 0 Å². The van der Waals surface area contributed by atoms with E-state index in [1.54, 1.807) is 13.1 Å². The molecule has 56 valence electrons. The highest BCUT2D eigenvalue weighted by Gasteiger charge is 2.25. The molecule has 1 aliphatic rings. The molecule has 10 heavy (non-hydrogen) atoms. The Morgan fingerprint density at radius 3 is 2.70 bits per heavy atom. The maximum absolute atomic E-state index is 5.33. The second-order valence-corrected chi connectivity index (χ2v) is 2.58. The van der Waals surface area contributed by atoms with E-state index in [4.69, 9.17) is 5.84 Å². The van der Waals surface area contributed by atoms with Crippen LogP contribution in [0.5, 0.6) is 0 Å². The average Bonchev–Trinajstić information content (AvgIpc) is 2.63. The van der Waals surface area contributed by atoms with E-state index < -0.39 is 0 Å². The van der Waals surface area contributed by atoms with Crippen molar-refractivity contribution >= 4 is 5.71 Å². The molecule has 1 rings (SSSR count). The Labute approximate surface area is 61.2 Å². The molecule has 1 saturated carbocycles. The number of hydrogen-bond acceptors (Lipinski definition) is 3. The standard InChI is InChI=1S/C7H13N3/c1-3-7(6-4-5-6)9-10(2)8/h3,6H,1,4-5,8H2,2H3/b9-7+. The van der Waals surface area contributed by atoms with Crippen LogP contribution in [0.25, 0.3) is 0 Å². The molecule has 0 heterocycles. The zero-order chi connectivity index (χ0) is 7.56. The molecule has 0 radical (unpaired) electrons. The van der Waals surface area contributed by atoms with Gasteiger partial charge < -0.3 is 0 Å². The van der Waals surface area contributed by atoms with Gasteiger partial charge in [-0.1, -0.05) is 6.58 Å². The van der Waals surface area contributed by atoms with E-state index in [-0.39, 0.29) is 0 Å². The summed E-state index contributed by atoms with van der Waals surface area (Å²) < 4.78 is 0. The number of hydrazine groups is 1. The van der Waals surface area contributed by atoms with Gasteiger partial charge in [0, 0.05) is 13.0 Å². The van der Waals surface area contributed by atoms with E-state index in [9.17, 15) is 0 Å². The maximum atomic E-state index is 5.33. The lowest BCUT2D eigenvalue weighted by atomic mass is 10.2. The highest BCUT2D eigenvalue weighted by Crippen LogP contribution is 2.30. The van der Waals surface area contributed by atoms with Crippen molar-refractivity contribution in [2.75, 3.05) is 7.05 Å². The molecular formula is C7H13N3. The summed E-state index contributed by atoms with van der Waals surface area (Å²) in [4.78, 5) is 0. The van der Waals surface area contributed by atoms with E-state index in [0.717, 1.165) is 5.71 Å². The third-order valence-electron chi connectivity index (χ3n) is 1.48. The molecule has 0 bridgehead atoms. The van der Waals surface area contributed by atoms with Crippen molar-refractivity contribution in [3.05, 3.63) is 12.7 Å². The van der Waals surface area contributed by atoms with Crippen LogP contribution in [0.1, 0.15) is 12.8 Å². The first-order chi connectivity index (χ1) is 4.74. The summed E-state index contributed by atoms with van der Waals surface area (Å²) in [5.74, 6) is 5.96. The summed E-state index contributed by atoms with van der Waals surface area (Å²) in [5.41, 5.74) is 1.02. The minimum absolute atomic E-state index is 0.628. The molecule has 0 saturated heterocycles. The number of nitrogens with zero attached hydrogens (tertiary/aromatic N) is 2. The summed E-state index contributed by atoms with van der Waals surface area (Å²) in [5, 5.41) is 5.40. The normalized spacial score (nSPS) is 18.8. The lowest BCUT2D eigenvalue weighted by Crippen LogP contribution is -2.21. The lowest BCUT2D eigenvalue weighted by molar-refractivity contribution is 0.371. The fourth-order valence-corrected chi connectivity index (χ4v) is 0.850. The van der Waals surface area contributed by atoms with Crippen molar-refractivity contribution in [3.63, 3.8) is 0 Å². The van der Waals surface area contributed by atoms with Crippen LogP contribution in [0, 0.1) is 5.92 Å². The number of hydrazone groups is 1. The van der Waals surface area contributed by atoms with Gasteiger partial charge in [-0.3, -0.25) is 0 Å². The van der Waals surface area contributed by atoms with Gasteiger partial charge in [0.15, 0.2) is 0 Å². The van der Waals surface area contributed by atoms with Crippen LogP contribution in [0.3, 0.4) is 0 Å². The van der Waals surface area contributed by atoms with Crippen LogP contribution < -0.4 is 5.84 Å². The summed E-state index contributed by atoms with van der Waals surface area (Å²) in [6.07, 6.45) is 4.25. The Morgan fingerprint density at radius 1 is 1.80 bits per heavy atom. The molecule has 0 atom stereocenters. The second kappa shape index (κ2) is 2.84. The Kier molecular flexibility index (Phi) is 2.06. The molecule has 1 aliphatic carbocycles. The second-order valence-electron chi connectivity index (χ2n) is 2.58. The molecule has 0 aromatic heterocycles. The molecule has 0 spiro atoms. The third kappa shape index (κ3) is 1.84. The highest BCUT2D eigenvalue weighted by molar-refractivity contribution is 5.97. The molecule has 0 aromatic rings. The molecule has 0 aromatic carbocycles. The van der Waals surface area contributed by atoms with E-state index in [1.165, 1.54) is 18.0 Å². The number of hydrogen-bond donors (Lipinski definition) is 1. The molecule has 0 aliphatic heterocycles. The minimum Gasteiger partial charge on any atom is -0.235 e. The van der Waals surface area contributed by atoms with E-state index in [2.05, 4.69) is 11.7 Å². The zero-order valence-electron chi connectivity index (χ0n) is 6.25. The number of rotatable bonds is 3. The number of allylic oxidation sites excluding steroid dienone is 1. The van der Waals surface area contributed by atoms with Crippen molar-refractivity contribution in [1.29, 1.82) is 0 Å². The summed E-state index contributed by atoms with van der Waals surface area (Å²) in [7, 11) is 1.71. The van der Waals surface area contributed by atoms with Crippen molar-refractivity contribution in [3.8, 4) is 0 Å². The van der Waals surface area contributed by atoms with Gasteiger partial charge >= 0.3 is 0 Å². The molecular weight excluding hydrogens is 126 g/mol. The molecule has 3 heteroatoms. The predicted molar refractivity (Wildman–Crippen MR) is 42.3 cm³/mol. The first kappa shape index (κ1) is 7.28. The van der Waals surface area contributed by atoms with Gasteiger partial charge in [0.05, 0.1) is 5.71 Å². The first-order valence-electron chi connectivity index (χ1n) is 3.43. The van der Waals surface area contributed by atoms with Crippen LogP contribution in [0.4, 0.5) is 0 Å². The fraction of sp³-hybridized carbons (Fsp3) is 0.571. The molecule has 1 fully saturated rings. The van der Waals surface area contributed by atoms with Crippen molar-refractivity contribution in [2.45, 2.75) is 12.8 Å². The SMILES string of the molecule is C=C/C(=N\N(C)N)C1CC1. The minimum atomic E-state index is 0.628. The quantitative estimate of drug-likeness (QED) is 0.356. The number of nitrogens with two attached hydrogens (primary N) is 1. The van der Waals surface area contributed by atoms with Gasteiger partial charge in [0.2, 0.25) is 0 Å². The van der Waals surface area contributed by atoms with Crippen LogP contribution in [-0.4, -0.2) is 17.9 Å². The molecule has 2 N–H and O–H groups in total. The largest absolute Gasteiger partial charge is 0.235 e. The topological polar surface area (TPSA) is 41.6 Å². The van der Waals surface area contributed by atoms with Crippen LogP contribution in [-0.2, 0) is 0 Å². The predicted octanol–water partition coefficient (Wildman–Crippen LogP) is 0.744.